The van der Waals surface area contributed by atoms with Crippen molar-refractivity contribution < 1.29 is 10.0 Å². The van der Waals surface area contributed by atoms with Gasteiger partial charge in [-0.25, -0.2) is 4.98 Å². The van der Waals surface area contributed by atoms with Crippen LogP contribution in [0.2, 0.25) is 0 Å². The lowest BCUT2D eigenvalue weighted by Gasteiger charge is -2.34. The number of hydrogen-bond donors (Lipinski definition) is 1. The molecule has 8 nitrogen and oxygen atoms in total. The van der Waals surface area contributed by atoms with E-state index in [1.807, 2.05) is 0 Å². The molecule has 0 spiro atoms. The van der Waals surface area contributed by atoms with Gasteiger partial charge in [-0.2, -0.15) is 4.52 Å². The Morgan fingerprint density at radius 2 is 1.92 bits per heavy atom. The van der Waals surface area contributed by atoms with Crippen LogP contribution in [0.15, 0.2) is 24.3 Å². The molecule has 9 heteroatoms. The van der Waals surface area contributed by atoms with Crippen molar-refractivity contribution in [3.8, 4) is 5.88 Å². The average Bonchev–Trinajstić information content (AvgIpc) is 3.14. The molecule has 1 N–H and O–H groups in total. The smallest absolute Gasteiger partial charge is 0.269 e. The van der Waals surface area contributed by atoms with Gasteiger partial charge in [0.05, 0.1) is 15.8 Å². The van der Waals surface area contributed by atoms with Crippen LogP contribution in [0.4, 0.5) is 5.69 Å². The minimum Gasteiger partial charge on any atom is -0.492 e. The first-order chi connectivity index (χ1) is 12.5. The van der Waals surface area contributed by atoms with Crippen molar-refractivity contribution in [2.24, 2.45) is 0 Å². The van der Waals surface area contributed by atoms with Gasteiger partial charge in [0.1, 0.15) is 5.82 Å². The van der Waals surface area contributed by atoms with Gasteiger partial charge in [-0.3, -0.25) is 15.0 Å². The maximum absolute atomic E-state index is 11.0. The van der Waals surface area contributed by atoms with Crippen LogP contribution in [0.3, 0.4) is 0 Å². The van der Waals surface area contributed by atoms with E-state index in [9.17, 15) is 15.2 Å². The van der Waals surface area contributed by atoms with Crippen molar-refractivity contribution in [3.05, 3.63) is 50.6 Å². The van der Waals surface area contributed by atoms with E-state index < -0.39 is 4.92 Å². The van der Waals surface area contributed by atoms with Crippen LogP contribution in [-0.4, -0.2) is 42.6 Å². The number of piperidine rings is 1. The van der Waals surface area contributed by atoms with Crippen molar-refractivity contribution in [1.82, 2.24) is 19.5 Å². The molecule has 1 aliphatic heterocycles. The summed E-state index contributed by atoms with van der Waals surface area (Å²) in [5.41, 5.74) is 0.989. The van der Waals surface area contributed by atoms with Crippen molar-refractivity contribution in [2.45, 2.75) is 32.2 Å². The molecule has 26 heavy (non-hydrogen) atoms. The number of benzene rings is 1. The molecule has 136 valence electrons. The van der Waals surface area contributed by atoms with E-state index in [0.29, 0.717) is 10.8 Å². The number of fused-ring (bicyclic) bond motifs is 1. The van der Waals surface area contributed by atoms with E-state index in [1.54, 1.807) is 19.1 Å². The molecule has 1 fully saturated rings. The van der Waals surface area contributed by atoms with Crippen LogP contribution in [0.5, 0.6) is 5.88 Å². The van der Waals surface area contributed by atoms with Crippen LogP contribution >= 0.6 is 11.3 Å². The maximum atomic E-state index is 11.0. The normalized spacial score (nSPS) is 16.8. The fraction of sp³-hybridized carbons (Fsp3) is 0.412. The molecule has 0 amide bonds. The first-order valence-electron chi connectivity index (χ1n) is 8.58. The number of aromatic nitrogens is 3. The van der Waals surface area contributed by atoms with E-state index >= 15 is 0 Å². The predicted molar refractivity (Wildman–Crippen MR) is 97.6 cm³/mol. The van der Waals surface area contributed by atoms with E-state index in [-0.39, 0.29) is 17.6 Å². The van der Waals surface area contributed by atoms with Crippen LogP contribution in [0.1, 0.15) is 41.6 Å². The summed E-state index contributed by atoms with van der Waals surface area (Å²) < 4.78 is 1.47. The minimum atomic E-state index is -0.400. The summed E-state index contributed by atoms with van der Waals surface area (Å²) in [6.07, 6.45) is 3.40. The van der Waals surface area contributed by atoms with Gasteiger partial charge in [0, 0.05) is 12.1 Å². The molecule has 0 bridgehead atoms. The Labute approximate surface area is 153 Å². The lowest BCUT2D eigenvalue weighted by Crippen LogP contribution is -2.34. The number of rotatable bonds is 4. The maximum Gasteiger partial charge on any atom is 0.269 e. The molecule has 0 aliphatic carbocycles. The molecule has 3 aromatic rings. The largest absolute Gasteiger partial charge is 0.492 e. The van der Waals surface area contributed by atoms with Crippen molar-refractivity contribution in [1.29, 1.82) is 0 Å². The van der Waals surface area contributed by atoms with Crippen molar-refractivity contribution >= 4 is 22.0 Å². The topological polar surface area (TPSA) is 96.8 Å². The molecule has 3 heterocycles. The summed E-state index contributed by atoms with van der Waals surface area (Å²) in [5, 5.41) is 26.0. The van der Waals surface area contributed by atoms with Gasteiger partial charge in [0.15, 0.2) is 0 Å². The molecule has 1 atom stereocenters. The summed E-state index contributed by atoms with van der Waals surface area (Å²) in [6, 6.07) is 6.43. The Hall–Kier alpha value is -2.52. The number of nitro benzene ring substituents is 1. The number of hydrogen-bond acceptors (Lipinski definition) is 7. The summed E-state index contributed by atoms with van der Waals surface area (Å²) >= 11 is 1.42. The van der Waals surface area contributed by atoms with Crippen LogP contribution in [-0.2, 0) is 0 Å². The van der Waals surface area contributed by atoms with Gasteiger partial charge in [-0.1, -0.05) is 29.9 Å². The molecular formula is C17H19N5O3S. The van der Waals surface area contributed by atoms with Crippen LogP contribution < -0.4 is 0 Å². The van der Waals surface area contributed by atoms with Gasteiger partial charge in [0.25, 0.3) is 5.69 Å². The summed E-state index contributed by atoms with van der Waals surface area (Å²) in [5.74, 6) is 0.711. The molecule has 0 saturated carbocycles. The Kier molecular flexibility index (Phi) is 4.33. The Morgan fingerprint density at radius 1 is 1.23 bits per heavy atom. The summed E-state index contributed by atoms with van der Waals surface area (Å²) in [7, 11) is 0. The number of non-ortho nitro benzene ring substituents is 1. The zero-order valence-corrected chi connectivity index (χ0v) is 15.1. The number of aromatic hydroxyl groups is 1. The fourth-order valence-electron chi connectivity index (χ4n) is 3.51. The fourth-order valence-corrected chi connectivity index (χ4v) is 4.67. The molecule has 0 radical (unpaired) electrons. The molecule has 1 unspecified atom stereocenters. The van der Waals surface area contributed by atoms with Gasteiger partial charge >= 0.3 is 0 Å². The highest BCUT2D eigenvalue weighted by atomic mass is 32.1. The number of aryl methyl sites for hydroxylation is 1. The minimum absolute atomic E-state index is 0.0636. The molecule has 4 rings (SSSR count). The molecule has 1 aliphatic rings. The van der Waals surface area contributed by atoms with E-state index in [0.717, 1.165) is 36.4 Å². The molecule has 2 aromatic heterocycles. The van der Waals surface area contributed by atoms with Gasteiger partial charge in [0.2, 0.25) is 10.8 Å². The Morgan fingerprint density at radius 3 is 2.54 bits per heavy atom. The lowest BCUT2D eigenvalue weighted by atomic mass is 10.00. The van der Waals surface area contributed by atoms with E-state index in [4.69, 9.17) is 0 Å². The highest BCUT2D eigenvalue weighted by Crippen LogP contribution is 2.41. The van der Waals surface area contributed by atoms with Crippen molar-refractivity contribution in [3.63, 3.8) is 0 Å². The van der Waals surface area contributed by atoms with Gasteiger partial charge in [-0.15, -0.1) is 5.10 Å². The van der Waals surface area contributed by atoms with Crippen LogP contribution in [0.25, 0.3) is 4.96 Å². The quantitative estimate of drug-likeness (QED) is 0.557. The molecule has 1 saturated heterocycles. The summed E-state index contributed by atoms with van der Waals surface area (Å²) in [6.45, 7) is 3.64. The third-order valence-corrected chi connectivity index (χ3v) is 5.80. The predicted octanol–water partition coefficient (Wildman–Crippen LogP) is 3.29. The van der Waals surface area contributed by atoms with Crippen LogP contribution in [0, 0.1) is 17.0 Å². The number of nitro groups is 1. The lowest BCUT2D eigenvalue weighted by molar-refractivity contribution is -0.384. The van der Waals surface area contributed by atoms with E-state index in [2.05, 4.69) is 15.0 Å². The first kappa shape index (κ1) is 16.9. The average molecular weight is 373 g/mol. The standard InChI is InChI=1S/C17H19N5O3S/c1-11-18-17-21(19-11)16(23)15(26-17)14(20-9-3-2-4-10-20)12-5-7-13(8-6-12)22(24)25/h5-8,14,23H,2-4,9-10H2,1H3. The molecular weight excluding hydrogens is 354 g/mol. The molecule has 1 aromatic carbocycles. The third kappa shape index (κ3) is 2.93. The number of likely N-dealkylation sites (tertiary alicyclic amines) is 1. The summed E-state index contributed by atoms with van der Waals surface area (Å²) in [4.78, 5) is 18.7. The second-order valence-corrected chi connectivity index (χ2v) is 7.50. The van der Waals surface area contributed by atoms with E-state index in [1.165, 1.54) is 34.4 Å². The third-order valence-electron chi connectivity index (χ3n) is 4.73. The Bertz CT molecular complexity index is 943. The highest BCUT2D eigenvalue weighted by Gasteiger charge is 2.30. The number of nitrogens with zero attached hydrogens (tertiary/aromatic N) is 5. The first-order valence-corrected chi connectivity index (χ1v) is 9.39. The zero-order chi connectivity index (χ0) is 18.3. The Balaban J connectivity index is 1.80. The SMILES string of the molecule is Cc1nc2sc(C(c3ccc([N+](=O)[O-])cc3)N3CCCCC3)c(O)n2n1. The zero-order valence-electron chi connectivity index (χ0n) is 14.3. The van der Waals surface area contributed by atoms with Gasteiger partial charge in [-0.05, 0) is 38.4 Å². The monoisotopic (exact) mass is 373 g/mol. The van der Waals surface area contributed by atoms with Crippen molar-refractivity contribution in [2.75, 3.05) is 13.1 Å². The van der Waals surface area contributed by atoms with Gasteiger partial charge < -0.3 is 5.11 Å². The second-order valence-electron chi connectivity index (χ2n) is 6.49. The second kappa shape index (κ2) is 6.65. The number of thiazole rings is 1. The highest BCUT2D eigenvalue weighted by molar-refractivity contribution is 7.17.